The second kappa shape index (κ2) is 5.73. The van der Waals surface area contributed by atoms with Crippen LogP contribution in [-0.4, -0.2) is 62.8 Å². The van der Waals surface area contributed by atoms with Crippen molar-refractivity contribution in [1.82, 2.24) is 29.7 Å². The Morgan fingerprint density at radius 2 is 2.10 bits per heavy atom. The van der Waals surface area contributed by atoms with Crippen molar-refractivity contribution in [3.05, 3.63) is 18.1 Å². The van der Waals surface area contributed by atoms with Gasteiger partial charge in [-0.1, -0.05) is 5.21 Å². The molecule has 2 heterocycles. The van der Waals surface area contributed by atoms with Gasteiger partial charge in [0.2, 0.25) is 5.91 Å². The Morgan fingerprint density at radius 3 is 2.62 bits per heavy atom. The van der Waals surface area contributed by atoms with Gasteiger partial charge in [-0.3, -0.25) is 9.48 Å². The lowest BCUT2D eigenvalue weighted by Crippen LogP contribution is -2.27. The quantitative estimate of drug-likeness (QED) is 0.709. The fraction of sp³-hybridized carbons (Fsp3) is 0.417. The number of aryl methyl sites for hydroxylation is 1. The minimum absolute atomic E-state index is 0.0266. The molecule has 2 rings (SSSR count). The van der Waals surface area contributed by atoms with Crippen molar-refractivity contribution in [3.8, 4) is 11.3 Å². The summed E-state index contributed by atoms with van der Waals surface area (Å²) >= 11 is 0. The maximum Gasteiger partial charge on any atom is 0.360 e. The fourth-order valence-electron chi connectivity index (χ4n) is 1.76. The summed E-state index contributed by atoms with van der Waals surface area (Å²) < 4.78 is 7.65. The normalized spacial score (nSPS) is 10.5. The molecule has 0 radical (unpaired) electrons. The Labute approximate surface area is 121 Å². The zero-order chi connectivity index (χ0) is 15.6. The zero-order valence-corrected chi connectivity index (χ0v) is 12.3. The molecule has 9 nitrogen and oxygen atoms in total. The Kier molecular flexibility index (Phi) is 4.01. The highest BCUT2D eigenvalue weighted by Gasteiger charge is 2.24. The third kappa shape index (κ3) is 2.91. The minimum atomic E-state index is -0.614. The van der Waals surface area contributed by atoms with Crippen LogP contribution in [0.25, 0.3) is 11.3 Å². The molecule has 0 atom stereocenters. The summed E-state index contributed by atoms with van der Waals surface area (Å²) in [6, 6.07) is 0. The maximum atomic E-state index is 11.8. The van der Waals surface area contributed by atoms with E-state index in [9.17, 15) is 9.59 Å². The van der Waals surface area contributed by atoms with Crippen molar-refractivity contribution in [3.63, 3.8) is 0 Å². The van der Waals surface area contributed by atoms with Crippen molar-refractivity contribution >= 4 is 11.9 Å². The summed E-state index contributed by atoms with van der Waals surface area (Å²) in [5, 5.41) is 11.7. The number of esters is 1. The molecule has 0 spiro atoms. The predicted molar refractivity (Wildman–Crippen MR) is 72.3 cm³/mol. The van der Waals surface area contributed by atoms with Gasteiger partial charge in [0.05, 0.1) is 13.3 Å². The largest absolute Gasteiger partial charge is 0.464 e. The topological polar surface area (TPSA) is 95.1 Å². The number of ether oxygens (including phenoxy) is 1. The lowest BCUT2D eigenvalue weighted by molar-refractivity contribution is -0.129. The maximum absolute atomic E-state index is 11.8. The molecule has 0 bridgehead atoms. The van der Waals surface area contributed by atoms with Gasteiger partial charge in [0, 0.05) is 32.9 Å². The first-order chi connectivity index (χ1) is 9.93. The number of aromatic nitrogens is 5. The van der Waals surface area contributed by atoms with E-state index < -0.39 is 5.97 Å². The van der Waals surface area contributed by atoms with Crippen LogP contribution < -0.4 is 0 Å². The molecule has 112 valence electrons. The third-order valence-corrected chi connectivity index (χ3v) is 2.88. The summed E-state index contributed by atoms with van der Waals surface area (Å²) in [4.78, 5) is 25.1. The number of nitrogens with zero attached hydrogens (tertiary/aromatic N) is 6. The Bertz CT molecular complexity index is 672. The highest BCUT2D eigenvalue weighted by Crippen LogP contribution is 2.22. The average molecular weight is 292 g/mol. The average Bonchev–Trinajstić information content (AvgIpc) is 3.03. The lowest BCUT2D eigenvalue weighted by atomic mass is 10.2. The second-order valence-electron chi connectivity index (χ2n) is 4.63. The van der Waals surface area contributed by atoms with Crippen LogP contribution in [-0.2, 0) is 23.1 Å². The Hall–Kier alpha value is -2.71. The van der Waals surface area contributed by atoms with Gasteiger partial charge in [-0.15, -0.1) is 5.10 Å². The molecule has 2 aromatic rings. The van der Waals surface area contributed by atoms with Gasteiger partial charge in [-0.25, -0.2) is 9.48 Å². The summed E-state index contributed by atoms with van der Waals surface area (Å²) in [5.74, 6) is -0.779. The number of methoxy groups -OCH3 is 1. The zero-order valence-electron chi connectivity index (χ0n) is 12.3. The molecule has 0 fully saturated rings. The summed E-state index contributed by atoms with van der Waals surface area (Å²) in [6.45, 7) is -0.0266. The van der Waals surface area contributed by atoms with Crippen LogP contribution >= 0.6 is 0 Å². The van der Waals surface area contributed by atoms with E-state index in [4.69, 9.17) is 4.74 Å². The number of hydrogen-bond donors (Lipinski definition) is 0. The molecule has 0 aromatic carbocycles. The van der Waals surface area contributed by atoms with Crippen molar-refractivity contribution in [2.45, 2.75) is 6.54 Å². The van der Waals surface area contributed by atoms with E-state index >= 15 is 0 Å². The van der Waals surface area contributed by atoms with E-state index in [0.29, 0.717) is 11.3 Å². The third-order valence-electron chi connectivity index (χ3n) is 2.88. The fourth-order valence-corrected chi connectivity index (χ4v) is 1.76. The van der Waals surface area contributed by atoms with Gasteiger partial charge in [0.15, 0.2) is 5.69 Å². The summed E-state index contributed by atoms with van der Waals surface area (Å²) in [6.07, 6.45) is 3.28. The monoisotopic (exact) mass is 292 g/mol. The predicted octanol–water partition coefficient (Wildman–Crippen LogP) is -0.447. The summed E-state index contributed by atoms with van der Waals surface area (Å²) in [5.41, 5.74) is 1.09. The van der Waals surface area contributed by atoms with Crippen LogP contribution in [0.5, 0.6) is 0 Å². The standard InChI is InChI=1S/C12H16N6O3/c1-16(2)9(19)7-18-11(8-5-13-17(3)6-8)10(14-15-18)12(20)21-4/h5-6H,7H2,1-4H3. The van der Waals surface area contributed by atoms with Crippen molar-refractivity contribution in [2.75, 3.05) is 21.2 Å². The van der Waals surface area contributed by atoms with Gasteiger partial charge in [0.1, 0.15) is 12.2 Å². The molecule has 9 heteroatoms. The van der Waals surface area contributed by atoms with E-state index in [0.717, 1.165) is 0 Å². The van der Waals surface area contributed by atoms with Gasteiger partial charge < -0.3 is 9.64 Å². The smallest absolute Gasteiger partial charge is 0.360 e. The van der Waals surface area contributed by atoms with E-state index in [-0.39, 0.29) is 18.1 Å². The molecule has 0 saturated carbocycles. The Balaban J connectivity index is 2.49. The van der Waals surface area contributed by atoms with Gasteiger partial charge in [0.25, 0.3) is 0 Å². The molecule has 1 amide bonds. The second-order valence-corrected chi connectivity index (χ2v) is 4.63. The molecule has 0 N–H and O–H groups in total. The first-order valence-electron chi connectivity index (χ1n) is 6.15. The van der Waals surface area contributed by atoms with Crippen molar-refractivity contribution in [1.29, 1.82) is 0 Å². The molecule has 0 aliphatic carbocycles. The number of rotatable bonds is 4. The van der Waals surface area contributed by atoms with Crippen molar-refractivity contribution in [2.24, 2.45) is 7.05 Å². The number of carbonyl (C=O) groups is 2. The van der Waals surface area contributed by atoms with Crippen LogP contribution in [0.4, 0.5) is 0 Å². The number of likely N-dealkylation sites (N-methyl/N-ethyl adjacent to an activating group) is 1. The van der Waals surface area contributed by atoms with E-state index in [1.807, 2.05) is 0 Å². The van der Waals surface area contributed by atoms with Crippen LogP contribution in [0.2, 0.25) is 0 Å². The van der Waals surface area contributed by atoms with Crippen LogP contribution in [0.15, 0.2) is 12.4 Å². The molecular weight excluding hydrogens is 276 g/mol. The van der Waals surface area contributed by atoms with Gasteiger partial charge in [-0.05, 0) is 0 Å². The number of hydrogen-bond acceptors (Lipinski definition) is 6. The van der Waals surface area contributed by atoms with E-state index in [1.165, 1.54) is 16.7 Å². The van der Waals surface area contributed by atoms with Gasteiger partial charge >= 0.3 is 5.97 Å². The molecule has 21 heavy (non-hydrogen) atoms. The molecule has 0 aliphatic heterocycles. The SMILES string of the molecule is COC(=O)c1nnn(CC(=O)N(C)C)c1-c1cnn(C)c1. The van der Waals surface area contributed by atoms with Crippen LogP contribution in [0.3, 0.4) is 0 Å². The summed E-state index contributed by atoms with van der Waals surface area (Å²) in [7, 11) is 6.30. The number of carbonyl (C=O) groups excluding carboxylic acids is 2. The van der Waals surface area contributed by atoms with E-state index in [2.05, 4.69) is 15.4 Å². The van der Waals surface area contributed by atoms with Crippen molar-refractivity contribution < 1.29 is 14.3 Å². The molecule has 0 saturated heterocycles. The Morgan fingerprint density at radius 1 is 1.38 bits per heavy atom. The van der Waals surface area contributed by atoms with Crippen LogP contribution in [0.1, 0.15) is 10.5 Å². The van der Waals surface area contributed by atoms with E-state index in [1.54, 1.807) is 38.2 Å². The first-order valence-corrected chi connectivity index (χ1v) is 6.15. The highest BCUT2D eigenvalue weighted by atomic mass is 16.5. The van der Waals surface area contributed by atoms with Gasteiger partial charge in [-0.2, -0.15) is 5.10 Å². The molecule has 2 aromatic heterocycles. The lowest BCUT2D eigenvalue weighted by Gasteiger charge is -2.11. The van der Waals surface area contributed by atoms with Crippen LogP contribution in [0, 0.1) is 0 Å². The number of amides is 1. The molecular formula is C12H16N6O3. The molecule has 0 aliphatic rings. The first kappa shape index (κ1) is 14.7. The molecule has 0 unspecified atom stereocenters. The minimum Gasteiger partial charge on any atom is -0.464 e. The highest BCUT2D eigenvalue weighted by molar-refractivity contribution is 5.94.